The number of allylic oxidation sites excluding steroid dienone is 1. The molecule has 3 heterocycles. The molecule has 1 aliphatic rings. The number of nitrogens with zero attached hydrogens (tertiary/aromatic N) is 2. The number of nitrogens with one attached hydrogen (secondary N) is 1. The Bertz CT molecular complexity index is 757. The average Bonchev–Trinajstić information content (AvgIpc) is 3.19. The second-order valence-corrected chi connectivity index (χ2v) is 7.61. The first-order valence-corrected chi connectivity index (χ1v) is 9.69. The predicted octanol–water partition coefficient (Wildman–Crippen LogP) is 2.91. The summed E-state index contributed by atoms with van der Waals surface area (Å²) in [5.74, 6) is -0.339. The fourth-order valence-corrected chi connectivity index (χ4v) is 4.05. The van der Waals surface area contributed by atoms with Crippen molar-refractivity contribution in [2.24, 2.45) is 16.1 Å². The number of amides is 1. The molecule has 6 heteroatoms. The van der Waals surface area contributed by atoms with Crippen molar-refractivity contribution in [2.45, 2.75) is 25.3 Å². The number of carbonyl (C=O) groups excluding carboxylic acids is 1. The minimum atomic E-state index is -0.429. The number of dihydropyridines is 1. The largest absolute Gasteiger partial charge is 0.368 e. The summed E-state index contributed by atoms with van der Waals surface area (Å²) < 4.78 is 0. The Morgan fingerprint density at radius 2 is 2.27 bits per heavy atom. The lowest BCUT2D eigenvalue weighted by Gasteiger charge is -2.31. The molecular weight excluding hydrogens is 344 g/mol. The number of hydrogen-bond donors (Lipinski definition) is 2. The van der Waals surface area contributed by atoms with Crippen molar-refractivity contribution in [1.82, 2.24) is 10.3 Å². The van der Waals surface area contributed by atoms with Crippen LogP contribution in [-0.4, -0.2) is 30.2 Å². The van der Waals surface area contributed by atoms with E-state index in [1.54, 1.807) is 17.5 Å². The molecule has 0 fully saturated rings. The highest BCUT2D eigenvalue weighted by atomic mass is 32.1. The number of aryl methyl sites for hydroxylation is 1. The lowest BCUT2D eigenvalue weighted by atomic mass is 9.78. The molecule has 0 saturated heterocycles. The quantitative estimate of drug-likeness (QED) is 0.714. The van der Waals surface area contributed by atoms with Gasteiger partial charge in [-0.3, -0.25) is 14.8 Å². The van der Waals surface area contributed by atoms with E-state index >= 15 is 0 Å². The Morgan fingerprint density at radius 3 is 2.92 bits per heavy atom. The first-order valence-electron chi connectivity index (χ1n) is 8.81. The lowest BCUT2D eigenvalue weighted by molar-refractivity contribution is -0.120. The van der Waals surface area contributed by atoms with Gasteiger partial charge in [-0.2, -0.15) is 0 Å². The highest BCUT2D eigenvalue weighted by molar-refractivity contribution is 7.10. The summed E-state index contributed by atoms with van der Waals surface area (Å²) in [6.07, 6.45) is 12.7. The average molecular weight is 369 g/mol. The van der Waals surface area contributed by atoms with Gasteiger partial charge in [0.25, 0.3) is 0 Å². The zero-order chi connectivity index (χ0) is 18.2. The molecule has 0 aliphatic carbocycles. The van der Waals surface area contributed by atoms with E-state index in [9.17, 15) is 4.79 Å². The lowest BCUT2D eigenvalue weighted by Crippen LogP contribution is -2.36. The minimum Gasteiger partial charge on any atom is -0.368 e. The Balaban J connectivity index is 1.60. The monoisotopic (exact) mass is 368 g/mol. The summed E-state index contributed by atoms with van der Waals surface area (Å²) in [5, 5.41) is 5.29. The molecule has 0 aromatic carbocycles. The van der Waals surface area contributed by atoms with E-state index in [0.717, 1.165) is 30.7 Å². The third-order valence-corrected chi connectivity index (χ3v) is 5.70. The highest BCUT2D eigenvalue weighted by Crippen LogP contribution is 2.32. The van der Waals surface area contributed by atoms with Crippen LogP contribution >= 0.6 is 11.3 Å². The van der Waals surface area contributed by atoms with Crippen molar-refractivity contribution in [3.8, 4) is 0 Å². The molecule has 3 rings (SSSR count). The van der Waals surface area contributed by atoms with Crippen LogP contribution in [0.3, 0.4) is 0 Å². The first kappa shape index (κ1) is 18.5. The molecule has 0 saturated carbocycles. The smallest absolute Gasteiger partial charge is 0.239 e. The zero-order valence-corrected chi connectivity index (χ0v) is 15.5. The summed E-state index contributed by atoms with van der Waals surface area (Å²) in [7, 11) is 0. The van der Waals surface area contributed by atoms with Gasteiger partial charge in [0.15, 0.2) is 0 Å². The number of hydrogen-bond acceptors (Lipinski definition) is 5. The summed E-state index contributed by atoms with van der Waals surface area (Å²) >= 11 is 1.54. The van der Waals surface area contributed by atoms with Gasteiger partial charge in [-0.15, -0.1) is 11.3 Å². The fourth-order valence-electron chi connectivity index (χ4n) is 3.25. The molecule has 136 valence electrons. The Hall–Kier alpha value is -2.31. The molecule has 1 amide bonds. The predicted molar refractivity (Wildman–Crippen MR) is 106 cm³/mol. The molecule has 2 aromatic rings. The maximum Gasteiger partial charge on any atom is 0.239 e. The molecule has 0 radical (unpaired) electrons. The van der Waals surface area contributed by atoms with E-state index in [4.69, 9.17) is 5.73 Å². The van der Waals surface area contributed by atoms with Crippen LogP contribution in [0.2, 0.25) is 0 Å². The standard InChI is InChI=1S/C20H24N4OS/c21-19(25)18(17-5-2-13-26-17)24-12-9-20(7-3-11-23-15-20)8-6-16-4-1-10-22-14-16/h1-5,7,10-11,13-14,18,24H,6,8-9,12,15H2,(H2,21,25). The molecule has 0 spiro atoms. The van der Waals surface area contributed by atoms with Crippen LogP contribution in [-0.2, 0) is 11.2 Å². The van der Waals surface area contributed by atoms with Gasteiger partial charge in [0.2, 0.25) is 5.91 Å². The Morgan fingerprint density at radius 1 is 1.35 bits per heavy atom. The second-order valence-electron chi connectivity index (χ2n) is 6.63. The van der Waals surface area contributed by atoms with E-state index in [1.165, 1.54) is 5.56 Å². The SMILES string of the molecule is NC(=O)C(NCCC1(CCc2cccnc2)C=CC=NC1)c1cccs1. The van der Waals surface area contributed by atoms with Gasteiger partial charge in [0.1, 0.15) is 6.04 Å². The van der Waals surface area contributed by atoms with Crippen molar-refractivity contribution in [1.29, 1.82) is 0 Å². The molecule has 26 heavy (non-hydrogen) atoms. The molecule has 0 bridgehead atoms. The van der Waals surface area contributed by atoms with Crippen LogP contribution in [0.4, 0.5) is 0 Å². The topological polar surface area (TPSA) is 80.4 Å². The molecule has 5 nitrogen and oxygen atoms in total. The second kappa shape index (κ2) is 8.87. The Labute approximate surface area is 158 Å². The summed E-state index contributed by atoms with van der Waals surface area (Å²) in [6.45, 7) is 1.48. The number of nitrogens with two attached hydrogens (primary N) is 1. The normalized spacial score (nSPS) is 20.2. The summed E-state index contributed by atoms with van der Waals surface area (Å²) in [6, 6.07) is 7.52. The maximum absolute atomic E-state index is 11.8. The zero-order valence-electron chi connectivity index (χ0n) is 14.7. The molecule has 2 unspecified atom stereocenters. The van der Waals surface area contributed by atoms with Gasteiger partial charge in [-0.1, -0.05) is 18.2 Å². The molecule has 2 atom stereocenters. The maximum atomic E-state index is 11.8. The van der Waals surface area contributed by atoms with Crippen molar-refractivity contribution >= 4 is 23.5 Å². The van der Waals surface area contributed by atoms with Crippen molar-refractivity contribution in [3.63, 3.8) is 0 Å². The minimum absolute atomic E-state index is 0.00472. The van der Waals surface area contributed by atoms with Gasteiger partial charge in [-0.05, 0) is 55.0 Å². The molecule has 3 N–H and O–H groups in total. The van der Waals surface area contributed by atoms with Crippen LogP contribution in [0.1, 0.15) is 29.3 Å². The van der Waals surface area contributed by atoms with E-state index in [2.05, 4.69) is 27.4 Å². The highest BCUT2D eigenvalue weighted by Gasteiger charge is 2.28. The molecule has 1 aliphatic heterocycles. The van der Waals surface area contributed by atoms with Crippen molar-refractivity contribution in [3.05, 3.63) is 64.6 Å². The third-order valence-electron chi connectivity index (χ3n) is 4.77. The number of primary amides is 1. The molecular formula is C20H24N4OS. The number of rotatable bonds is 9. The van der Waals surface area contributed by atoms with E-state index in [-0.39, 0.29) is 11.3 Å². The van der Waals surface area contributed by atoms with Crippen LogP contribution in [0.5, 0.6) is 0 Å². The van der Waals surface area contributed by atoms with Gasteiger partial charge in [-0.25, -0.2) is 0 Å². The number of pyridine rings is 1. The summed E-state index contributed by atoms with van der Waals surface area (Å²) in [4.78, 5) is 21.4. The van der Waals surface area contributed by atoms with Gasteiger partial charge in [0.05, 0.1) is 0 Å². The number of aromatic nitrogens is 1. The molecule has 2 aromatic heterocycles. The summed E-state index contributed by atoms with van der Waals surface area (Å²) in [5.41, 5.74) is 6.80. The number of carbonyl (C=O) groups is 1. The third kappa shape index (κ3) is 4.86. The van der Waals surface area contributed by atoms with Crippen LogP contribution < -0.4 is 11.1 Å². The van der Waals surface area contributed by atoms with Gasteiger partial charge in [0, 0.05) is 35.4 Å². The first-order chi connectivity index (χ1) is 12.7. The fraction of sp³-hybridized carbons (Fsp3) is 0.350. The van der Waals surface area contributed by atoms with Crippen LogP contribution in [0.25, 0.3) is 0 Å². The Kier molecular flexibility index (Phi) is 6.30. The van der Waals surface area contributed by atoms with Crippen molar-refractivity contribution < 1.29 is 4.79 Å². The van der Waals surface area contributed by atoms with Crippen molar-refractivity contribution in [2.75, 3.05) is 13.1 Å². The van der Waals surface area contributed by atoms with Crippen LogP contribution in [0, 0.1) is 5.41 Å². The van der Waals surface area contributed by atoms with Crippen LogP contribution in [0.15, 0.2) is 59.2 Å². The van der Waals surface area contributed by atoms with E-state index in [1.807, 2.05) is 42.1 Å². The van der Waals surface area contributed by atoms with E-state index in [0.29, 0.717) is 6.54 Å². The number of aliphatic imine (C=N–C) groups is 1. The van der Waals surface area contributed by atoms with Gasteiger partial charge >= 0.3 is 0 Å². The van der Waals surface area contributed by atoms with E-state index < -0.39 is 6.04 Å². The number of thiophene rings is 1. The van der Waals surface area contributed by atoms with Gasteiger partial charge < -0.3 is 11.1 Å².